The normalized spacial score (nSPS) is 16.1. The molecule has 2 fully saturated rings. The number of ketones is 2. The molecule has 9 heterocycles. The Balaban J connectivity index is 0.0000000953. The monoisotopic (exact) mass is 1870 g/mol. The van der Waals surface area contributed by atoms with Crippen molar-refractivity contribution in [2.45, 2.75) is 114 Å². The first-order valence-electron chi connectivity index (χ1n) is 49.6. The minimum absolute atomic E-state index is 0.0112. The minimum Gasteiger partial charge on any atom is -0.478 e. The van der Waals surface area contributed by atoms with E-state index in [1.165, 1.54) is 116 Å². The van der Waals surface area contributed by atoms with E-state index < -0.39 is 17.9 Å². The molecule has 5 atom stereocenters. The van der Waals surface area contributed by atoms with Gasteiger partial charge in [0.1, 0.15) is 23.7 Å². The second-order valence-corrected chi connectivity index (χ2v) is 38.6. The Morgan fingerprint density at radius 1 is 0.427 bits per heavy atom. The lowest BCUT2D eigenvalue weighted by Crippen LogP contribution is -2.38. The molecule has 702 valence electrons. The topological polar surface area (TPSA) is 267 Å². The van der Waals surface area contributed by atoms with Crippen molar-refractivity contribution < 1.29 is 38.6 Å². The maximum absolute atomic E-state index is 13.1. The van der Waals surface area contributed by atoms with Crippen LogP contribution < -0.4 is 5.32 Å². The lowest BCUT2D eigenvalue weighted by Gasteiger charge is -2.20. The van der Waals surface area contributed by atoms with Crippen molar-refractivity contribution in [3.63, 3.8) is 0 Å². The van der Waals surface area contributed by atoms with Crippen LogP contribution in [0.1, 0.15) is 189 Å². The number of nitrogens with zero attached hydrogens (tertiary/aromatic N) is 1. The summed E-state index contributed by atoms with van der Waals surface area (Å²) in [4.78, 5) is 103. The van der Waals surface area contributed by atoms with Gasteiger partial charge < -0.3 is 54.8 Å². The number of aldehydes is 1. The predicted molar refractivity (Wildman–Crippen MR) is 573 cm³/mol. The highest BCUT2D eigenvalue weighted by Crippen LogP contribution is 2.55. The summed E-state index contributed by atoms with van der Waals surface area (Å²) in [7, 11) is 1.46. The molecule has 0 spiro atoms. The molecule has 2 saturated carbocycles. The number of Topliss-reactive ketones (excluding diaryl/α,β-unsaturated/α-hetero) is 2. The number of aromatic nitrogens is 8. The number of carboxylic acid groups (broad SMARTS) is 1. The molecule has 17 heteroatoms. The van der Waals surface area contributed by atoms with Crippen molar-refractivity contribution in [3.8, 4) is 0 Å². The number of carbonyl (C=O) groups is 6. The number of aromatic amines is 7. The van der Waals surface area contributed by atoms with E-state index in [2.05, 4.69) is 204 Å². The van der Waals surface area contributed by atoms with Gasteiger partial charge in [0, 0.05) is 166 Å². The summed E-state index contributed by atoms with van der Waals surface area (Å²) in [6.45, 7) is 2.07. The van der Waals surface area contributed by atoms with Gasteiger partial charge in [-0.15, -0.1) is 0 Å². The summed E-state index contributed by atoms with van der Waals surface area (Å²) in [5.74, 6) is 0.671. The van der Waals surface area contributed by atoms with Gasteiger partial charge >= 0.3 is 11.9 Å². The number of hydrogen-bond donors (Lipinski definition) is 9. The summed E-state index contributed by atoms with van der Waals surface area (Å²) < 4.78 is 5.15. The van der Waals surface area contributed by atoms with Crippen molar-refractivity contribution in [1.29, 1.82) is 0 Å². The SMILES string of the molecule is C1=C(C(c2c[nH]c3ccccc23)C2CC2)c2ccccc2C1.CC(C1=CCc2ccccc21)c1[nH]c2ccccc2c1C(=O)O.COC(=O)c1c(C(C2=CCc3ccccc32)C2CC2)[nH]c2ccccc12.O=C(C1=CCc2ccccc21)c1nccc2c1[nH]c1ccccc12.O=C(CC1=CCc2ccccc21)Cc1c[nH]c2ccccc12.O=C[C@@H]1Cc2c([nH]c3ccccc23)[C@@H](c2c[nH]c3ccccc23)C(=O)N1. The highest BCUT2D eigenvalue weighted by Gasteiger charge is 2.43. The zero-order valence-electron chi connectivity index (χ0n) is 79.3. The van der Waals surface area contributed by atoms with E-state index in [0.29, 0.717) is 47.9 Å². The van der Waals surface area contributed by atoms with Gasteiger partial charge in [0.15, 0.2) is 0 Å². The molecular formula is C126H105N9O8. The first kappa shape index (κ1) is 89.8. The van der Waals surface area contributed by atoms with Crippen molar-refractivity contribution >= 4 is 151 Å². The lowest BCUT2D eigenvalue weighted by molar-refractivity contribution is -0.124. The van der Waals surface area contributed by atoms with Crippen molar-refractivity contribution in [2.75, 3.05) is 7.11 Å². The number of nitrogens with one attached hydrogen (secondary N) is 8. The Labute approximate surface area is 826 Å². The van der Waals surface area contributed by atoms with Gasteiger partial charge in [0.25, 0.3) is 0 Å². The van der Waals surface area contributed by atoms with Crippen LogP contribution in [-0.2, 0) is 64.1 Å². The van der Waals surface area contributed by atoms with Crippen LogP contribution in [0, 0.1) is 11.8 Å². The Kier molecular flexibility index (Phi) is 24.3. The number of H-pyrrole nitrogens is 7. The fraction of sp³-hybridized carbons (Fsp3) is 0.167. The van der Waals surface area contributed by atoms with Crippen LogP contribution in [0.15, 0.2) is 352 Å². The Bertz CT molecular complexity index is 8630. The minimum atomic E-state index is -0.879. The van der Waals surface area contributed by atoms with E-state index in [-0.39, 0.29) is 35.3 Å². The van der Waals surface area contributed by atoms with E-state index in [0.717, 1.165) is 166 Å². The standard InChI is InChI=1S/C23H21NO2.C21H17N3O2.C21H14N2O.C21H19N.C20H17NO2.C20H17NO/c1-26-23(25)21-18-8-4-5-9-19(18)24-22(21)20(15-10-11-15)17-13-12-14-6-2-3-7-16(14)17;25-11-12-9-15-13-5-2-4-8-18(13)24-20(15)19(21(26)23-12)16-10-22-17-7-3-1-6-14(16)17;24-21(17-10-9-13-5-1-2-6-14(13)17)20-19-16(11-12-22-20)15-7-3-4-8-18(15)23-19;1-2-6-16-14(5-1)11-12-18(16)21(15-9-10-15)19-13-22-20-8-4-3-7-17(19)20;1-12(14-11-10-13-6-2-3-7-15(13)14)19-18(20(22)23)16-8-4-5-9-17(16)21-19;22-17(11-15-10-9-14-5-1-2-6-18(14)15)12-16-13-21-20-8-4-3-7-19(16)20/h2-9,13,15,20,24H,10-12H2,1H3;1-8,10-12,19,22,24H,9H2,(H,23,26);1-8,10-12,23H,9H2;1-8,12-13,15,21-22H,9-11H2;2-9,11-12,21H,10H2,1H3,(H,22,23);1-8,10,13,21H,9,11-12H2/t;12-,19+;;;;/m.0..../s1. The number of esters is 1. The molecule has 28 rings (SSSR count). The number of carbonyl (C=O) groups excluding carboxylic acids is 5. The summed E-state index contributed by atoms with van der Waals surface area (Å²) in [5, 5.41) is 21.1. The number of pyridine rings is 1. The van der Waals surface area contributed by atoms with Crippen LogP contribution in [0.3, 0.4) is 0 Å². The van der Waals surface area contributed by atoms with Crippen LogP contribution in [0.5, 0.6) is 0 Å². The first-order valence-corrected chi connectivity index (χ1v) is 49.6. The molecule has 17 nitrogen and oxygen atoms in total. The number of rotatable bonds is 18. The third kappa shape index (κ3) is 17.2. The molecule has 12 aromatic carbocycles. The predicted octanol–water partition coefficient (Wildman–Crippen LogP) is 26.9. The maximum Gasteiger partial charge on any atom is 0.340 e. The van der Waals surface area contributed by atoms with Crippen molar-refractivity contribution in [2.24, 2.45) is 11.8 Å². The van der Waals surface area contributed by atoms with Gasteiger partial charge in [-0.05, 0) is 218 Å². The third-order valence-electron chi connectivity index (χ3n) is 30.1. The molecular weight excluding hydrogens is 1770 g/mol. The van der Waals surface area contributed by atoms with Gasteiger partial charge in [-0.3, -0.25) is 19.4 Å². The number of amides is 1. The van der Waals surface area contributed by atoms with Crippen LogP contribution in [0.25, 0.3) is 115 Å². The number of fused-ring (bicyclic) bond motifs is 16. The number of para-hydroxylation sites is 7. The molecule has 0 saturated heterocycles. The van der Waals surface area contributed by atoms with Crippen molar-refractivity contribution in [3.05, 3.63) is 464 Å². The summed E-state index contributed by atoms with van der Waals surface area (Å²) >= 11 is 0. The van der Waals surface area contributed by atoms with Crippen LogP contribution in [0.4, 0.5) is 0 Å². The molecule has 1 aliphatic heterocycles. The van der Waals surface area contributed by atoms with E-state index in [4.69, 9.17) is 4.74 Å². The van der Waals surface area contributed by atoms with Crippen LogP contribution >= 0.6 is 0 Å². The lowest BCUT2D eigenvalue weighted by atomic mass is 9.84. The van der Waals surface area contributed by atoms with E-state index in [1.54, 1.807) is 11.8 Å². The quantitative estimate of drug-likeness (QED) is 0.0224. The zero-order valence-corrected chi connectivity index (χ0v) is 79.3. The van der Waals surface area contributed by atoms with E-state index in [1.807, 2.05) is 194 Å². The Morgan fingerprint density at radius 2 is 0.881 bits per heavy atom. The fourth-order valence-corrected chi connectivity index (χ4v) is 23.0. The summed E-state index contributed by atoms with van der Waals surface area (Å²) in [6, 6.07) is 100. The molecule has 7 aliphatic carbocycles. The molecule has 9 N–H and O–H groups in total. The average molecular weight is 1870 g/mol. The Morgan fingerprint density at radius 3 is 1.50 bits per heavy atom. The maximum atomic E-state index is 13.1. The van der Waals surface area contributed by atoms with E-state index >= 15 is 0 Å². The summed E-state index contributed by atoms with van der Waals surface area (Å²) in [6.07, 6.45) is 31.3. The fourth-order valence-electron chi connectivity index (χ4n) is 23.0. The molecule has 0 bridgehead atoms. The van der Waals surface area contributed by atoms with Gasteiger partial charge in [-0.2, -0.15) is 0 Å². The average Bonchev–Trinajstić information content (AvgIpc) is 1.65. The zero-order chi connectivity index (χ0) is 96.9. The number of allylic oxidation sites excluding steroid dienone is 10. The molecule has 1 amide bonds. The number of carboxylic acids is 1. The highest BCUT2D eigenvalue weighted by atomic mass is 16.5. The summed E-state index contributed by atoms with van der Waals surface area (Å²) in [5.41, 5.74) is 35.9. The molecule has 143 heavy (non-hydrogen) atoms. The second kappa shape index (κ2) is 38.6. The molecule has 8 aliphatic rings. The molecule has 0 radical (unpaired) electrons. The molecule has 3 unspecified atom stereocenters. The largest absolute Gasteiger partial charge is 0.478 e. The van der Waals surface area contributed by atoms with Crippen molar-refractivity contribution in [1.82, 2.24) is 45.2 Å². The number of ether oxygens (including phenoxy) is 1. The van der Waals surface area contributed by atoms with Crippen LogP contribution in [0.2, 0.25) is 0 Å². The van der Waals surface area contributed by atoms with Gasteiger partial charge in [0.2, 0.25) is 11.7 Å². The second-order valence-electron chi connectivity index (χ2n) is 38.6. The molecule has 20 aromatic rings. The number of hydrogen-bond acceptors (Lipinski definition) is 8. The smallest absolute Gasteiger partial charge is 0.340 e. The highest BCUT2D eigenvalue weighted by molar-refractivity contribution is 6.33. The third-order valence-corrected chi connectivity index (χ3v) is 30.1. The van der Waals surface area contributed by atoms with Gasteiger partial charge in [-0.25, -0.2) is 9.59 Å². The van der Waals surface area contributed by atoms with Gasteiger partial charge in [-0.1, -0.05) is 286 Å². The Hall–Kier alpha value is -17.1. The number of methoxy groups -OCH3 is 1. The number of aromatic carboxylic acids is 1. The molecule has 8 aromatic heterocycles. The first-order chi connectivity index (χ1) is 70.3. The van der Waals surface area contributed by atoms with Gasteiger partial charge in [0.05, 0.1) is 29.8 Å². The number of benzene rings is 12. The van der Waals surface area contributed by atoms with Crippen LogP contribution in [-0.4, -0.2) is 93.8 Å². The van der Waals surface area contributed by atoms with E-state index in [9.17, 15) is 33.9 Å².